The number of alkyl halides is 1. The first kappa shape index (κ1) is 23.8. The molecule has 0 radical (unpaired) electrons. The highest BCUT2D eigenvalue weighted by Crippen LogP contribution is 2.42. The summed E-state index contributed by atoms with van der Waals surface area (Å²) in [6.07, 6.45) is 5.35. The molecule has 9 heteroatoms. The molecule has 170 valence electrons. The summed E-state index contributed by atoms with van der Waals surface area (Å²) < 4.78 is 7.44. The molecular weight excluding hydrogens is 556 g/mol. The molecule has 4 rings (SSSR count). The van der Waals surface area contributed by atoms with Gasteiger partial charge < -0.3 is 4.90 Å². The Balaban J connectivity index is 1.61. The lowest BCUT2D eigenvalue weighted by atomic mass is 10.1. The van der Waals surface area contributed by atoms with Crippen LogP contribution in [0.2, 0.25) is 0 Å². The van der Waals surface area contributed by atoms with Gasteiger partial charge in [0.15, 0.2) is 5.52 Å². The van der Waals surface area contributed by atoms with Gasteiger partial charge in [-0.3, -0.25) is 0 Å². The minimum atomic E-state index is -0.914. The molecule has 1 aromatic heterocycles. The van der Waals surface area contributed by atoms with E-state index in [0.29, 0.717) is 13.2 Å². The highest BCUT2D eigenvalue weighted by atomic mass is 127. The van der Waals surface area contributed by atoms with Gasteiger partial charge in [0.25, 0.3) is 0 Å². The van der Waals surface area contributed by atoms with E-state index in [9.17, 15) is 0 Å². The molecule has 0 aliphatic carbocycles. The summed E-state index contributed by atoms with van der Waals surface area (Å²) in [6, 6.07) is 12.9. The van der Waals surface area contributed by atoms with Crippen LogP contribution in [0.15, 0.2) is 52.0 Å². The van der Waals surface area contributed by atoms with Crippen molar-refractivity contribution in [1.29, 1.82) is 0 Å². The zero-order chi connectivity index (χ0) is 22.3. The van der Waals surface area contributed by atoms with E-state index in [0.717, 1.165) is 46.0 Å². The number of fused-ring (bicyclic) bond motifs is 2. The molecule has 2 heterocycles. The zero-order valence-electron chi connectivity index (χ0n) is 18.2. The Hall–Kier alpha value is -1.32. The van der Waals surface area contributed by atoms with Gasteiger partial charge >= 0.3 is 0 Å². The van der Waals surface area contributed by atoms with Gasteiger partial charge in [-0.25, -0.2) is 14.4 Å². The number of hydrogen-bond donors (Lipinski definition) is 0. The van der Waals surface area contributed by atoms with Crippen LogP contribution in [0.4, 0.5) is 5.69 Å². The number of nitrogens with zero attached hydrogens (tertiary/aromatic N) is 3. The molecule has 1 aliphatic heterocycles. The second kappa shape index (κ2) is 11.7. The van der Waals surface area contributed by atoms with E-state index in [1.807, 2.05) is 11.8 Å². The molecule has 0 bridgehead atoms. The molecule has 0 amide bonds. The zero-order valence-corrected chi connectivity index (χ0v) is 22.2. The molecule has 1 atom stereocenters. The van der Waals surface area contributed by atoms with Gasteiger partial charge in [0.2, 0.25) is 0 Å². The Morgan fingerprint density at radius 1 is 1.03 bits per heavy atom. The third kappa shape index (κ3) is 5.25. The lowest BCUT2D eigenvalue weighted by Gasteiger charge is -2.20. The second-order valence-corrected chi connectivity index (χ2v) is 12.2. The Kier molecular flexibility index (Phi) is 8.71. The minimum absolute atomic E-state index is 0.604. The average Bonchev–Trinajstić information content (AvgIpc) is 3.44. The van der Waals surface area contributed by atoms with Crippen molar-refractivity contribution in [3.8, 4) is 0 Å². The van der Waals surface area contributed by atoms with Gasteiger partial charge in [-0.05, 0) is 53.8 Å². The third-order valence-corrected chi connectivity index (χ3v) is 10.5. The fourth-order valence-electron chi connectivity index (χ4n) is 3.80. The Morgan fingerprint density at radius 3 is 2.62 bits per heavy atom. The predicted molar refractivity (Wildman–Crippen MR) is 145 cm³/mol. The molecule has 6 nitrogen and oxygen atoms in total. The molecule has 32 heavy (non-hydrogen) atoms. The normalized spacial score (nSPS) is 15.7. The van der Waals surface area contributed by atoms with Crippen molar-refractivity contribution in [2.75, 3.05) is 41.8 Å². The van der Waals surface area contributed by atoms with Gasteiger partial charge in [0.05, 0.1) is 18.9 Å². The van der Waals surface area contributed by atoms with Crippen molar-refractivity contribution < 1.29 is 14.4 Å². The number of hydrogen-bond acceptors (Lipinski definition) is 7. The number of aromatic nitrogens is 2. The molecule has 0 saturated heterocycles. The van der Waals surface area contributed by atoms with Gasteiger partial charge in [0.1, 0.15) is 5.52 Å². The smallest absolute Gasteiger partial charge is 0.159 e. The maximum absolute atomic E-state index is 5.40. The summed E-state index contributed by atoms with van der Waals surface area (Å²) in [7, 11) is -0.914. The molecule has 0 saturated carbocycles. The minimum Gasteiger partial charge on any atom is -0.370 e. The summed E-state index contributed by atoms with van der Waals surface area (Å²) >= 11 is 4.14. The quantitative estimate of drug-likeness (QED) is 0.0765. The molecule has 1 unspecified atom stereocenters. The number of rotatable bonds is 11. The van der Waals surface area contributed by atoms with Crippen LogP contribution < -0.4 is 10.2 Å². The summed E-state index contributed by atoms with van der Waals surface area (Å²) in [6.45, 7) is 7.33. The van der Waals surface area contributed by atoms with E-state index in [1.54, 1.807) is 0 Å². The van der Waals surface area contributed by atoms with E-state index in [1.165, 1.54) is 14.8 Å². The van der Waals surface area contributed by atoms with Gasteiger partial charge in [-0.1, -0.05) is 72.2 Å². The monoisotopic (exact) mass is 583 g/mol. The highest BCUT2D eigenvalue weighted by molar-refractivity contribution is 14.1. The van der Waals surface area contributed by atoms with Crippen molar-refractivity contribution in [2.24, 2.45) is 0 Å². The third-order valence-electron chi connectivity index (χ3n) is 5.35. The van der Waals surface area contributed by atoms with Crippen LogP contribution in [0, 0.1) is 0 Å². The van der Waals surface area contributed by atoms with Crippen LogP contribution in [0.3, 0.4) is 0 Å². The molecule has 0 spiro atoms. The number of thioether (sulfide) groups is 1. The lowest BCUT2D eigenvalue weighted by Crippen LogP contribution is -2.22. The van der Waals surface area contributed by atoms with Gasteiger partial charge in [-0.15, -0.1) is 0 Å². The fraction of sp³-hybridized carbons (Fsp3) is 0.348. The maximum atomic E-state index is 5.40. The van der Waals surface area contributed by atoms with E-state index in [-0.39, 0.29) is 0 Å². The molecule has 1 aliphatic rings. The van der Waals surface area contributed by atoms with Gasteiger partial charge in [0, 0.05) is 32.6 Å². The van der Waals surface area contributed by atoms with Crippen molar-refractivity contribution in [3.05, 3.63) is 48.0 Å². The van der Waals surface area contributed by atoms with E-state index < -0.39 is 7.55 Å². The van der Waals surface area contributed by atoms with Crippen molar-refractivity contribution in [1.82, 2.24) is 10.3 Å². The van der Waals surface area contributed by atoms with Crippen molar-refractivity contribution in [2.45, 2.75) is 18.7 Å². The van der Waals surface area contributed by atoms with Crippen molar-refractivity contribution in [3.63, 3.8) is 0 Å². The Morgan fingerprint density at radius 2 is 1.81 bits per heavy atom. The van der Waals surface area contributed by atoms with Crippen LogP contribution in [-0.4, -0.2) is 51.8 Å². The molecule has 2 aromatic carbocycles. The summed E-state index contributed by atoms with van der Waals surface area (Å²) in [5.74, 6) is 0. The van der Waals surface area contributed by atoms with E-state index >= 15 is 0 Å². The Bertz CT molecular complexity index is 1130. The van der Waals surface area contributed by atoms with Crippen LogP contribution in [0.5, 0.6) is 0 Å². The number of anilines is 1. The second-order valence-electron chi connectivity index (χ2n) is 7.16. The van der Waals surface area contributed by atoms with Crippen LogP contribution in [-0.2, 0) is 9.78 Å². The maximum Gasteiger partial charge on any atom is 0.159 e. The molecular formula is C23H27IN3O3PS. The topological polar surface area (TPSA) is 60.6 Å². The summed E-state index contributed by atoms with van der Waals surface area (Å²) in [5.41, 5.74) is 3.70. The first-order chi connectivity index (χ1) is 15.8. The van der Waals surface area contributed by atoms with Crippen LogP contribution in [0.1, 0.15) is 19.4 Å². The van der Waals surface area contributed by atoms with E-state index in [2.05, 4.69) is 100 Å². The molecule has 0 fully saturated rings. The fourth-order valence-corrected chi connectivity index (χ4v) is 8.69. The van der Waals surface area contributed by atoms with E-state index in [4.69, 9.17) is 14.4 Å². The first-order valence-electron chi connectivity index (χ1n) is 10.8. The van der Waals surface area contributed by atoms with Gasteiger partial charge in [-0.2, -0.15) is 0 Å². The number of benzene rings is 2. The lowest BCUT2D eigenvalue weighted by molar-refractivity contribution is -0.285. The molecule has 0 N–H and O–H groups in total. The average molecular weight is 583 g/mol. The van der Waals surface area contributed by atoms with Crippen molar-refractivity contribution >= 4 is 74.6 Å². The summed E-state index contributed by atoms with van der Waals surface area (Å²) in [5, 5.41) is 9.84. The number of halogens is 1. The van der Waals surface area contributed by atoms with Crippen LogP contribution >= 0.6 is 41.9 Å². The summed E-state index contributed by atoms with van der Waals surface area (Å²) in [4.78, 5) is 14.2. The molecule has 3 aromatic rings. The van der Waals surface area contributed by atoms with Crippen LogP contribution in [0.25, 0.3) is 17.1 Å². The predicted octanol–water partition coefficient (Wildman–Crippen LogP) is 5.24. The first-order valence-corrected chi connectivity index (χ1v) is 14.8. The Labute approximate surface area is 207 Å². The largest absolute Gasteiger partial charge is 0.370 e. The SMILES string of the molecule is CCN(CC)c1ccc(/C=C/C2=[PH](CCOOCCI)c3ccccc3S2)c2nonc12. The highest BCUT2D eigenvalue weighted by Gasteiger charge is 2.20. The standard InChI is InChI=1S/C23H27IN3O3PS/c1-3-27(4-2)18-11-9-17(22-23(18)26-30-25-22)10-12-21-31(16-15-29-28-14-13-24)19-7-5-6-8-20(19)32-21/h5-12,31H,3-4,13-16H2,1-2H3/b12-10+.